The number of piperidine rings is 1. The molecule has 0 aromatic carbocycles. The lowest BCUT2D eigenvalue weighted by molar-refractivity contribution is -0.127. The third-order valence-corrected chi connectivity index (χ3v) is 4.98. The molecule has 0 saturated carbocycles. The van der Waals surface area contributed by atoms with Gasteiger partial charge in [-0.05, 0) is 30.8 Å². The Balaban J connectivity index is 2.51. The highest BCUT2D eigenvalue weighted by atomic mass is 32.2. The molecule has 1 N–H and O–H groups in total. The summed E-state index contributed by atoms with van der Waals surface area (Å²) in [7, 11) is -0.399. The average molecular weight is 317 g/mol. The van der Waals surface area contributed by atoms with E-state index in [9.17, 15) is 13.2 Å². The molecule has 0 aromatic rings. The molecule has 0 aliphatic carbocycles. The van der Waals surface area contributed by atoms with E-state index in [1.807, 2.05) is 19.9 Å². The van der Waals surface area contributed by atoms with Crippen molar-refractivity contribution in [2.75, 3.05) is 33.7 Å². The zero-order valence-electron chi connectivity index (χ0n) is 13.4. The molecule has 1 rings (SSSR count). The Morgan fingerprint density at radius 2 is 2.10 bits per heavy atom. The van der Waals surface area contributed by atoms with E-state index in [-0.39, 0.29) is 11.8 Å². The van der Waals surface area contributed by atoms with E-state index in [1.54, 1.807) is 11.0 Å². The fourth-order valence-corrected chi connectivity index (χ4v) is 2.87. The van der Waals surface area contributed by atoms with Crippen LogP contribution in [-0.4, -0.2) is 57.3 Å². The topological polar surface area (TPSA) is 69.7 Å². The van der Waals surface area contributed by atoms with E-state index in [4.69, 9.17) is 0 Å². The molecule has 1 unspecified atom stereocenters. The van der Waals surface area contributed by atoms with E-state index in [1.165, 1.54) is 14.1 Å². The van der Waals surface area contributed by atoms with E-state index in [0.717, 1.165) is 23.7 Å². The van der Waals surface area contributed by atoms with Crippen LogP contribution in [0.5, 0.6) is 0 Å². The van der Waals surface area contributed by atoms with Crippen LogP contribution in [0.4, 0.5) is 0 Å². The van der Waals surface area contributed by atoms with Crippen molar-refractivity contribution in [3.8, 4) is 0 Å². The summed E-state index contributed by atoms with van der Waals surface area (Å²) >= 11 is 0. The number of allylic oxidation sites excluding steroid dienone is 1. The molecule has 1 aliphatic rings. The third kappa shape index (κ3) is 6.15. The largest absolute Gasteiger partial charge is 0.339 e. The van der Waals surface area contributed by atoms with Gasteiger partial charge in [0.15, 0.2) is 0 Å². The molecule has 6 nitrogen and oxygen atoms in total. The van der Waals surface area contributed by atoms with Gasteiger partial charge >= 0.3 is 0 Å². The zero-order chi connectivity index (χ0) is 16.0. The van der Waals surface area contributed by atoms with Gasteiger partial charge < -0.3 is 4.90 Å². The minimum atomic E-state index is -3.39. The monoisotopic (exact) mass is 317 g/mol. The molecule has 1 atom stereocenters. The Kier molecular flexibility index (Phi) is 6.83. The van der Waals surface area contributed by atoms with Crippen LogP contribution in [0.2, 0.25) is 0 Å². The maximum absolute atomic E-state index is 12.0. The normalized spacial score (nSPS) is 20.7. The first-order valence-electron chi connectivity index (χ1n) is 7.36. The Morgan fingerprint density at radius 3 is 2.67 bits per heavy atom. The maximum atomic E-state index is 12.0. The van der Waals surface area contributed by atoms with E-state index in [2.05, 4.69) is 4.72 Å². The number of rotatable bonds is 6. The van der Waals surface area contributed by atoms with Crippen molar-refractivity contribution < 1.29 is 13.2 Å². The fourth-order valence-electron chi connectivity index (χ4n) is 2.16. The summed E-state index contributed by atoms with van der Waals surface area (Å²) in [6.45, 7) is 5.78. The highest BCUT2D eigenvalue weighted by molar-refractivity contribution is 7.87. The summed E-state index contributed by atoms with van der Waals surface area (Å²) < 4.78 is 27.1. The summed E-state index contributed by atoms with van der Waals surface area (Å²) in [5.74, 6) is 0.537. The van der Waals surface area contributed by atoms with Gasteiger partial charge in [-0.1, -0.05) is 19.9 Å². The van der Waals surface area contributed by atoms with E-state index < -0.39 is 10.2 Å². The predicted molar refractivity (Wildman–Crippen MR) is 83.9 cm³/mol. The molecule has 1 saturated heterocycles. The summed E-state index contributed by atoms with van der Waals surface area (Å²) in [4.78, 5) is 13.9. The molecule has 1 amide bonds. The van der Waals surface area contributed by atoms with Crippen molar-refractivity contribution in [2.45, 2.75) is 26.7 Å². The van der Waals surface area contributed by atoms with Gasteiger partial charge in [-0.25, -0.2) is 4.72 Å². The highest BCUT2D eigenvalue weighted by Crippen LogP contribution is 2.16. The SMILES string of the molecule is CC(C)C=CC(=O)N1CCCC(CNS(=O)(=O)N(C)C)C1. The molecule has 1 aliphatic heterocycles. The first-order valence-corrected chi connectivity index (χ1v) is 8.80. The minimum Gasteiger partial charge on any atom is -0.339 e. The van der Waals surface area contributed by atoms with Crippen molar-refractivity contribution in [1.29, 1.82) is 0 Å². The number of nitrogens with one attached hydrogen (secondary N) is 1. The minimum absolute atomic E-state index is 0.0175. The second-order valence-electron chi connectivity index (χ2n) is 6.03. The first-order chi connectivity index (χ1) is 9.72. The molecule has 0 spiro atoms. The van der Waals surface area contributed by atoms with Crippen LogP contribution in [0.25, 0.3) is 0 Å². The maximum Gasteiger partial charge on any atom is 0.278 e. The highest BCUT2D eigenvalue weighted by Gasteiger charge is 2.24. The van der Waals surface area contributed by atoms with Gasteiger partial charge in [0.1, 0.15) is 0 Å². The van der Waals surface area contributed by atoms with Gasteiger partial charge in [-0.3, -0.25) is 4.79 Å². The van der Waals surface area contributed by atoms with Crippen LogP contribution in [0.3, 0.4) is 0 Å². The molecule has 7 heteroatoms. The molecule has 0 aromatic heterocycles. The smallest absolute Gasteiger partial charge is 0.278 e. The molecule has 1 fully saturated rings. The average Bonchev–Trinajstić information content (AvgIpc) is 2.42. The second-order valence-corrected chi connectivity index (χ2v) is 8.00. The standard InChI is InChI=1S/C14H27N3O3S/c1-12(2)7-8-14(18)17-9-5-6-13(11-17)10-15-21(19,20)16(3)4/h7-8,12-13,15H,5-6,9-11H2,1-4H3. The van der Waals surface area contributed by atoms with Gasteiger partial charge in [0.25, 0.3) is 10.2 Å². The third-order valence-electron chi connectivity index (χ3n) is 3.49. The molecule has 0 bridgehead atoms. The number of amides is 1. The number of likely N-dealkylation sites (tertiary alicyclic amines) is 1. The lowest BCUT2D eigenvalue weighted by Crippen LogP contribution is -2.45. The zero-order valence-corrected chi connectivity index (χ0v) is 14.2. The van der Waals surface area contributed by atoms with Crippen molar-refractivity contribution in [1.82, 2.24) is 13.9 Å². The summed E-state index contributed by atoms with van der Waals surface area (Å²) in [5, 5.41) is 0. The summed E-state index contributed by atoms with van der Waals surface area (Å²) in [6.07, 6.45) is 5.36. The van der Waals surface area contributed by atoms with Crippen LogP contribution in [0, 0.1) is 11.8 Å². The quantitative estimate of drug-likeness (QED) is 0.738. The first kappa shape index (κ1) is 18.1. The lowest BCUT2D eigenvalue weighted by Gasteiger charge is -2.32. The van der Waals surface area contributed by atoms with Gasteiger partial charge in [0.2, 0.25) is 5.91 Å². The Hall–Kier alpha value is -0.920. The molecule has 21 heavy (non-hydrogen) atoms. The molecular weight excluding hydrogens is 290 g/mol. The van der Waals surface area contributed by atoms with Crippen molar-refractivity contribution >= 4 is 16.1 Å². The van der Waals surface area contributed by atoms with Crippen molar-refractivity contribution in [3.05, 3.63) is 12.2 Å². The Bertz CT molecular complexity index is 472. The van der Waals surface area contributed by atoms with Crippen LogP contribution in [0.1, 0.15) is 26.7 Å². The van der Waals surface area contributed by atoms with Crippen molar-refractivity contribution in [2.24, 2.45) is 11.8 Å². The molecular formula is C14H27N3O3S. The summed E-state index contributed by atoms with van der Waals surface area (Å²) in [6, 6.07) is 0. The predicted octanol–water partition coefficient (Wildman–Crippen LogP) is 0.833. The second kappa shape index (κ2) is 7.91. The molecule has 122 valence electrons. The van der Waals surface area contributed by atoms with E-state index >= 15 is 0 Å². The Morgan fingerprint density at radius 1 is 1.43 bits per heavy atom. The van der Waals surface area contributed by atoms with Crippen LogP contribution < -0.4 is 4.72 Å². The number of carbonyl (C=O) groups is 1. The molecule has 0 radical (unpaired) electrons. The molecule has 1 heterocycles. The summed E-state index contributed by atoms with van der Waals surface area (Å²) in [5.41, 5.74) is 0. The van der Waals surface area contributed by atoms with Crippen LogP contribution >= 0.6 is 0 Å². The number of carbonyl (C=O) groups excluding carboxylic acids is 1. The van der Waals surface area contributed by atoms with Crippen LogP contribution in [0.15, 0.2) is 12.2 Å². The fraction of sp³-hybridized carbons (Fsp3) is 0.786. The lowest BCUT2D eigenvalue weighted by atomic mass is 9.98. The number of nitrogens with zero attached hydrogens (tertiary/aromatic N) is 2. The van der Waals surface area contributed by atoms with Gasteiger partial charge in [-0.15, -0.1) is 0 Å². The van der Waals surface area contributed by atoms with Crippen LogP contribution in [-0.2, 0) is 15.0 Å². The van der Waals surface area contributed by atoms with Gasteiger partial charge in [-0.2, -0.15) is 12.7 Å². The van der Waals surface area contributed by atoms with Gasteiger partial charge in [0, 0.05) is 33.7 Å². The Labute approximate surface area is 128 Å². The van der Waals surface area contributed by atoms with Crippen molar-refractivity contribution in [3.63, 3.8) is 0 Å². The number of hydrogen-bond donors (Lipinski definition) is 1. The number of hydrogen-bond acceptors (Lipinski definition) is 3. The van der Waals surface area contributed by atoms with Gasteiger partial charge in [0.05, 0.1) is 0 Å². The van der Waals surface area contributed by atoms with E-state index in [0.29, 0.717) is 19.0 Å².